The Morgan fingerprint density at radius 2 is 1.75 bits per heavy atom. The first kappa shape index (κ1) is 21.9. The van der Waals surface area contributed by atoms with E-state index in [1.54, 1.807) is 18.1 Å². The highest BCUT2D eigenvalue weighted by atomic mass is 16.5. The molecule has 0 bridgehead atoms. The molecule has 0 saturated carbocycles. The summed E-state index contributed by atoms with van der Waals surface area (Å²) in [7, 11) is 1.59. The molecule has 1 unspecified atom stereocenters. The van der Waals surface area contributed by atoms with Crippen LogP contribution in [0.3, 0.4) is 0 Å². The van der Waals surface area contributed by atoms with Crippen molar-refractivity contribution < 1.29 is 19.1 Å². The third kappa shape index (κ3) is 4.77. The van der Waals surface area contributed by atoms with E-state index in [9.17, 15) is 14.4 Å². The van der Waals surface area contributed by atoms with Crippen molar-refractivity contribution >= 4 is 29.1 Å². The average Bonchev–Trinajstić information content (AvgIpc) is 3.20. The molecule has 2 saturated heterocycles. The molecule has 0 aromatic heterocycles. The first-order chi connectivity index (χ1) is 15.4. The Balaban J connectivity index is 1.30. The van der Waals surface area contributed by atoms with Crippen LogP contribution in [-0.2, 0) is 14.4 Å². The molecule has 3 amide bonds. The summed E-state index contributed by atoms with van der Waals surface area (Å²) >= 11 is 0. The van der Waals surface area contributed by atoms with E-state index in [1.807, 2.05) is 54.3 Å². The molecule has 0 aliphatic carbocycles. The summed E-state index contributed by atoms with van der Waals surface area (Å²) in [5.41, 5.74) is 2.67. The summed E-state index contributed by atoms with van der Waals surface area (Å²) < 4.78 is 5.20. The standard InChI is InChI=1S/C25H29N3O4/c1-17-6-8-21(9-7-17)28-16-19(14-23(28)29)25(31)27-12-10-18(11-13-27)24(30)26-20-4-3-5-22(15-20)32-2/h3-9,15,18-19H,10-14,16H2,1-2H3,(H,26,30). The van der Waals surface area contributed by atoms with Gasteiger partial charge in [0.1, 0.15) is 5.75 Å². The Morgan fingerprint density at radius 1 is 1.03 bits per heavy atom. The lowest BCUT2D eigenvalue weighted by atomic mass is 9.94. The number of hydrogen-bond acceptors (Lipinski definition) is 4. The zero-order valence-electron chi connectivity index (χ0n) is 18.5. The highest BCUT2D eigenvalue weighted by Crippen LogP contribution is 2.28. The Kier molecular flexibility index (Phi) is 6.44. The van der Waals surface area contributed by atoms with E-state index in [1.165, 1.54) is 0 Å². The van der Waals surface area contributed by atoms with Crippen LogP contribution in [0.1, 0.15) is 24.8 Å². The van der Waals surface area contributed by atoms with Crippen LogP contribution in [0.5, 0.6) is 5.75 Å². The molecular weight excluding hydrogens is 406 g/mol. The average molecular weight is 436 g/mol. The molecule has 2 aromatic rings. The normalized spacial score (nSPS) is 19.2. The van der Waals surface area contributed by atoms with Gasteiger partial charge in [-0.25, -0.2) is 0 Å². The van der Waals surface area contributed by atoms with Gasteiger partial charge in [0.15, 0.2) is 0 Å². The molecule has 32 heavy (non-hydrogen) atoms. The Labute approximate surface area is 188 Å². The van der Waals surface area contributed by atoms with Crippen molar-refractivity contribution in [1.29, 1.82) is 0 Å². The minimum absolute atomic E-state index is 0.0135. The molecule has 2 aromatic carbocycles. The first-order valence-electron chi connectivity index (χ1n) is 11.1. The number of benzene rings is 2. The largest absolute Gasteiger partial charge is 0.497 e. The zero-order chi connectivity index (χ0) is 22.7. The van der Waals surface area contributed by atoms with Crippen molar-refractivity contribution in [3.8, 4) is 5.75 Å². The summed E-state index contributed by atoms with van der Waals surface area (Å²) in [4.78, 5) is 41.7. The maximum atomic E-state index is 13.0. The van der Waals surface area contributed by atoms with Gasteiger partial charge in [0.2, 0.25) is 17.7 Å². The van der Waals surface area contributed by atoms with Gasteiger partial charge in [-0.3, -0.25) is 14.4 Å². The second kappa shape index (κ2) is 9.42. The fourth-order valence-corrected chi connectivity index (χ4v) is 4.41. The summed E-state index contributed by atoms with van der Waals surface area (Å²) in [5, 5.41) is 2.95. The van der Waals surface area contributed by atoms with Gasteiger partial charge in [-0.15, -0.1) is 0 Å². The van der Waals surface area contributed by atoms with E-state index in [0.717, 1.165) is 11.3 Å². The maximum absolute atomic E-state index is 13.0. The summed E-state index contributed by atoms with van der Waals surface area (Å²) in [6.45, 7) is 3.48. The molecule has 4 rings (SSSR count). The quantitative estimate of drug-likeness (QED) is 0.782. The smallest absolute Gasteiger partial charge is 0.228 e. The van der Waals surface area contributed by atoms with Gasteiger partial charge < -0.3 is 19.9 Å². The lowest BCUT2D eigenvalue weighted by molar-refractivity contribution is -0.138. The molecule has 7 nitrogen and oxygen atoms in total. The predicted molar refractivity (Wildman–Crippen MR) is 123 cm³/mol. The van der Waals surface area contributed by atoms with Crippen molar-refractivity contribution in [3.05, 3.63) is 54.1 Å². The van der Waals surface area contributed by atoms with Crippen LogP contribution in [0.15, 0.2) is 48.5 Å². The fraction of sp³-hybridized carbons (Fsp3) is 0.400. The van der Waals surface area contributed by atoms with Crippen LogP contribution in [0.2, 0.25) is 0 Å². The molecule has 1 atom stereocenters. The van der Waals surface area contributed by atoms with E-state index in [-0.39, 0.29) is 36.0 Å². The van der Waals surface area contributed by atoms with Gasteiger partial charge in [-0.1, -0.05) is 23.8 Å². The lowest BCUT2D eigenvalue weighted by Gasteiger charge is -2.33. The summed E-state index contributed by atoms with van der Waals surface area (Å²) in [5.74, 6) is 0.186. The maximum Gasteiger partial charge on any atom is 0.228 e. The third-order valence-electron chi connectivity index (χ3n) is 6.33. The number of methoxy groups -OCH3 is 1. The van der Waals surface area contributed by atoms with E-state index >= 15 is 0 Å². The number of carbonyl (C=O) groups excluding carboxylic acids is 3. The lowest BCUT2D eigenvalue weighted by Crippen LogP contribution is -2.44. The molecule has 1 N–H and O–H groups in total. The fourth-order valence-electron chi connectivity index (χ4n) is 4.41. The Bertz CT molecular complexity index is 997. The van der Waals surface area contributed by atoms with Crippen LogP contribution < -0.4 is 15.0 Å². The number of carbonyl (C=O) groups is 3. The third-order valence-corrected chi connectivity index (χ3v) is 6.33. The highest BCUT2D eigenvalue weighted by Gasteiger charge is 2.38. The van der Waals surface area contributed by atoms with Gasteiger partial charge in [-0.2, -0.15) is 0 Å². The number of rotatable bonds is 5. The topological polar surface area (TPSA) is 79.0 Å². The second-order valence-electron chi connectivity index (χ2n) is 8.56. The minimum atomic E-state index is -0.328. The van der Waals surface area contributed by atoms with Crippen LogP contribution in [0.25, 0.3) is 0 Å². The predicted octanol–water partition coefficient (Wildman–Crippen LogP) is 3.23. The molecule has 168 valence electrons. The number of piperidine rings is 1. The number of amides is 3. The monoisotopic (exact) mass is 435 g/mol. The van der Waals surface area contributed by atoms with Gasteiger partial charge in [0.25, 0.3) is 0 Å². The molecule has 2 heterocycles. The Morgan fingerprint density at radius 3 is 2.44 bits per heavy atom. The minimum Gasteiger partial charge on any atom is -0.497 e. The molecule has 2 fully saturated rings. The Hall–Kier alpha value is -3.35. The van der Waals surface area contributed by atoms with Crippen molar-refractivity contribution in [2.24, 2.45) is 11.8 Å². The van der Waals surface area contributed by atoms with Crippen molar-refractivity contribution in [1.82, 2.24) is 4.90 Å². The van der Waals surface area contributed by atoms with E-state index in [2.05, 4.69) is 5.32 Å². The van der Waals surface area contributed by atoms with Gasteiger partial charge in [0.05, 0.1) is 13.0 Å². The highest BCUT2D eigenvalue weighted by molar-refractivity contribution is 6.00. The van der Waals surface area contributed by atoms with E-state index < -0.39 is 0 Å². The molecule has 0 radical (unpaired) electrons. The summed E-state index contributed by atoms with van der Waals surface area (Å²) in [6.07, 6.45) is 1.47. The number of aryl methyl sites for hydroxylation is 1. The van der Waals surface area contributed by atoms with Crippen LogP contribution in [-0.4, -0.2) is 49.4 Å². The van der Waals surface area contributed by atoms with Gasteiger partial charge >= 0.3 is 0 Å². The second-order valence-corrected chi connectivity index (χ2v) is 8.56. The molecule has 2 aliphatic heterocycles. The summed E-state index contributed by atoms with van der Waals surface area (Å²) in [6, 6.07) is 15.1. The van der Waals surface area contributed by atoms with Crippen molar-refractivity contribution in [2.45, 2.75) is 26.2 Å². The number of nitrogens with zero attached hydrogens (tertiary/aromatic N) is 2. The number of anilines is 2. The molecular formula is C25H29N3O4. The van der Waals surface area contributed by atoms with Crippen molar-refractivity contribution in [2.75, 3.05) is 37.0 Å². The van der Waals surface area contributed by atoms with Gasteiger partial charge in [0, 0.05) is 49.4 Å². The van der Waals surface area contributed by atoms with E-state index in [4.69, 9.17) is 4.74 Å². The first-order valence-corrected chi connectivity index (χ1v) is 11.1. The van der Waals surface area contributed by atoms with Crippen LogP contribution in [0, 0.1) is 18.8 Å². The molecule has 2 aliphatic rings. The number of ether oxygens (including phenoxy) is 1. The number of nitrogens with one attached hydrogen (secondary N) is 1. The molecule has 0 spiro atoms. The van der Waals surface area contributed by atoms with Crippen LogP contribution >= 0.6 is 0 Å². The number of hydrogen-bond donors (Lipinski definition) is 1. The zero-order valence-corrected chi connectivity index (χ0v) is 18.5. The van der Waals surface area contributed by atoms with Crippen molar-refractivity contribution in [3.63, 3.8) is 0 Å². The van der Waals surface area contributed by atoms with Gasteiger partial charge in [-0.05, 0) is 44.0 Å². The SMILES string of the molecule is COc1cccc(NC(=O)C2CCN(C(=O)C3CC(=O)N(c4ccc(C)cc4)C3)CC2)c1. The van der Waals surface area contributed by atoms with E-state index in [0.29, 0.717) is 43.9 Å². The molecule has 7 heteroatoms. The van der Waals surface area contributed by atoms with Crippen LogP contribution in [0.4, 0.5) is 11.4 Å². The number of likely N-dealkylation sites (tertiary alicyclic amines) is 1.